The molecule has 0 aliphatic rings. The summed E-state index contributed by atoms with van der Waals surface area (Å²) in [5, 5.41) is 2.86. The quantitative estimate of drug-likeness (QED) is 0.211. The molecule has 0 saturated heterocycles. The van der Waals surface area contributed by atoms with Crippen LogP contribution in [0.2, 0.25) is 0 Å². The molecule has 0 aliphatic carbocycles. The van der Waals surface area contributed by atoms with E-state index >= 15 is 0 Å². The molecule has 0 atom stereocenters. The van der Waals surface area contributed by atoms with E-state index in [0.29, 0.717) is 33.7 Å². The molecule has 8 nitrogen and oxygen atoms in total. The van der Waals surface area contributed by atoms with Crippen molar-refractivity contribution < 1.29 is 28.6 Å². The van der Waals surface area contributed by atoms with Gasteiger partial charge in [-0.05, 0) is 93.8 Å². The molecule has 1 N–H and O–H groups in total. The number of hydrogen-bond donors (Lipinski definition) is 1. The Kier molecular flexibility index (Phi) is 9.61. The van der Waals surface area contributed by atoms with Gasteiger partial charge in [-0.1, -0.05) is 24.3 Å². The molecule has 0 spiro atoms. The Morgan fingerprint density at radius 2 is 1.60 bits per heavy atom. The van der Waals surface area contributed by atoms with Gasteiger partial charge in [0.1, 0.15) is 11.4 Å². The lowest BCUT2D eigenvalue weighted by atomic mass is 9.93. The first kappa shape index (κ1) is 29.8. The van der Waals surface area contributed by atoms with Gasteiger partial charge in [0.25, 0.3) is 5.91 Å². The van der Waals surface area contributed by atoms with Crippen molar-refractivity contribution in [3.63, 3.8) is 0 Å². The normalized spacial score (nSPS) is 12.2. The number of carbonyl (C=O) groups is 3. The Hall–Kier alpha value is -4.72. The number of allylic oxidation sites excluding steroid dienone is 1. The second kappa shape index (κ2) is 12.9. The van der Waals surface area contributed by atoms with Gasteiger partial charge in [-0.2, -0.15) is 0 Å². The Morgan fingerprint density at radius 1 is 0.925 bits per heavy atom. The monoisotopic (exact) mass is 542 g/mol. The number of nitrogens with zero attached hydrogens (tertiary/aromatic N) is 1. The van der Waals surface area contributed by atoms with Crippen LogP contribution in [0.5, 0.6) is 5.75 Å². The highest BCUT2D eigenvalue weighted by molar-refractivity contribution is 6.19. The number of aryl methyl sites for hydroxylation is 1. The summed E-state index contributed by atoms with van der Waals surface area (Å²) >= 11 is 0. The fraction of sp³-hybridized carbons (Fsp3) is 0.250. The summed E-state index contributed by atoms with van der Waals surface area (Å²) < 4.78 is 15.9. The van der Waals surface area contributed by atoms with Crippen LogP contribution in [0.25, 0.3) is 11.6 Å². The Morgan fingerprint density at radius 3 is 2.20 bits per heavy atom. The van der Waals surface area contributed by atoms with Crippen LogP contribution < -0.4 is 10.1 Å². The van der Waals surface area contributed by atoms with E-state index in [2.05, 4.69) is 10.3 Å². The average Bonchev–Trinajstić information content (AvgIpc) is 2.91. The Balaban J connectivity index is 2.15. The molecule has 0 saturated carbocycles. The van der Waals surface area contributed by atoms with Crippen molar-refractivity contribution in [3.8, 4) is 5.75 Å². The smallest absolute Gasteiger partial charge is 0.338 e. The number of ether oxygens (including phenoxy) is 3. The molecule has 1 aromatic heterocycles. The van der Waals surface area contributed by atoms with Crippen LogP contribution in [0.4, 0.5) is 5.69 Å². The van der Waals surface area contributed by atoms with Crippen molar-refractivity contribution in [2.24, 2.45) is 0 Å². The zero-order chi connectivity index (χ0) is 29.4. The Labute approximate surface area is 234 Å². The summed E-state index contributed by atoms with van der Waals surface area (Å²) in [5.41, 5.74) is 2.88. The minimum absolute atomic E-state index is 0.0682. The number of benzene rings is 2. The zero-order valence-corrected chi connectivity index (χ0v) is 23.8. The van der Waals surface area contributed by atoms with Crippen molar-refractivity contribution in [1.29, 1.82) is 0 Å². The van der Waals surface area contributed by atoms with E-state index in [1.54, 1.807) is 108 Å². The van der Waals surface area contributed by atoms with Gasteiger partial charge in [-0.3, -0.25) is 9.78 Å². The molecule has 0 unspecified atom stereocenters. The molecular weight excluding hydrogens is 508 g/mol. The maximum Gasteiger partial charge on any atom is 0.338 e. The van der Waals surface area contributed by atoms with Crippen LogP contribution in [0.3, 0.4) is 0 Å². The predicted octanol–water partition coefficient (Wildman–Crippen LogP) is 6.02. The van der Waals surface area contributed by atoms with Gasteiger partial charge in [0, 0.05) is 17.6 Å². The molecule has 3 rings (SSSR count). The molecule has 0 radical (unpaired) electrons. The number of anilines is 1. The third kappa shape index (κ3) is 7.89. The topological polar surface area (TPSA) is 104 Å². The molecule has 0 bridgehead atoms. The maximum atomic E-state index is 13.7. The summed E-state index contributed by atoms with van der Waals surface area (Å²) in [7, 11) is 2.81. The van der Waals surface area contributed by atoms with E-state index in [4.69, 9.17) is 14.2 Å². The fourth-order valence-electron chi connectivity index (χ4n) is 3.88. The minimum atomic E-state index is -0.691. The van der Waals surface area contributed by atoms with E-state index < -0.39 is 23.4 Å². The van der Waals surface area contributed by atoms with Crippen LogP contribution in [0, 0.1) is 6.92 Å². The molecular formula is C32H34N2O6. The standard InChI is InChI=1S/C32H34N2O6/c1-20-17-25(15-16-33-20)34-29(35)27(19-22-9-8-10-26(18-22)38-6)28(31(37)39-7)21(2)23-11-13-24(14-12-23)30(36)40-32(3,4)5/h8-19H,1-7H3,(H,33,34,35). The van der Waals surface area contributed by atoms with Crippen LogP contribution in [-0.4, -0.2) is 42.7 Å². The van der Waals surface area contributed by atoms with Gasteiger partial charge in [0.05, 0.1) is 30.9 Å². The molecule has 208 valence electrons. The lowest BCUT2D eigenvalue weighted by Gasteiger charge is -2.19. The molecule has 1 amide bonds. The molecule has 0 aliphatic heterocycles. The lowest BCUT2D eigenvalue weighted by Crippen LogP contribution is -2.23. The molecule has 2 aromatic carbocycles. The fourth-order valence-corrected chi connectivity index (χ4v) is 3.88. The summed E-state index contributed by atoms with van der Waals surface area (Å²) in [5.74, 6) is -1.07. The van der Waals surface area contributed by atoms with Crippen LogP contribution in [0.15, 0.2) is 78.0 Å². The third-order valence-corrected chi connectivity index (χ3v) is 5.79. The van der Waals surface area contributed by atoms with Gasteiger partial charge in [0.15, 0.2) is 0 Å². The van der Waals surface area contributed by atoms with E-state index in [0.717, 1.165) is 5.69 Å². The van der Waals surface area contributed by atoms with E-state index in [9.17, 15) is 14.4 Å². The summed E-state index contributed by atoms with van der Waals surface area (Å²) in [6, 6.07) is 17.1. The van der Waals surface area contributed by atoms with Gasteiger partial charge >= 0.3 is 11.9 Å². The first-order chi connectivity index (χ1) is 18.9. The number of rotatable bonds is 8. The van der Waals surface area contributed by atoms with E-state index in [-0.39, 0.29) is 11.1 Å². The van der Waals surface area contributed by atoms with Crippen LogP contribution in [0.1, 0.15) is 54.9 Å². The van der Waals surface area contributed by atoms with Gasteiger partial charge in [-0.15, -0.1) is 0 Å². The van der Waals surface area contributed by atoms with Gasteiger partial charge in [0.2, 0.25) is 0 Å². The van der Waals surface area contributed by atoms with Crippen molar-refractivity contribution >= 4 is 35.2 Å². The van der Waals surface area contributed by atoms with E-state index in [1.165, 1.54) is 7.11 Å². The number of methoxy groups -OCH3 is 2. The van der Waals surface area contributed by atoms with Crippen molar-refractivity contribution in [1.82, 2.24) is 4.98 Å². The SMILES string of the molecule is COC(=O)C(C(=Cc1cccc(OC)c1)C(=O)Nc1ccnc(C)c1)=C(C)c1ccc(C(=O)OC(C)(C)C)cc1. The number of hydrogen-bond acceptors (Lipinski definition) is 7. The largest absolute Gasteiger partial charge is 0.497 e. The third-order valence-electron chi connectivity index (χ3n) is 5.79. The zero-order valence-electron chi connectivity index (χ0n) is 23.8. The van der Waals surface area contributed by atoms with E-state index in [1.807, 2.05) is 6.92 Å². The highest BCUT2D eigenvalue weighted by atomic mass is 16.6. The average molecular weight is 543 g/mol. The molecule has 40 heavy (non-hydrogen) atoms. The maximum absolute atomic E-state index is 13.7. The first-order valence-corrected chi connectivity index (χ1v) is 12.6. The lowest BCUT2D eigenvalue weighted by molar-refractivity contribution is -0.136. The van der Waals surface area contributed by atoms with Crippen molar-refractivity contribution in [2.45, 2.75) is 40.2 Å². The Bertz CT molecular complexity index is 1460. The molecule has 8 heteroatoms. The van der Waals surface area contributed by atoms with Gasteiger partial charge in [-0.25, -0.2) is 9.59 Å². The number of carbonyl (C=O) groups excluding carboxylic acids is 3. The highest BCUT2D eigenvalue weighted by Gasteiger charge is 2.26. The van der Waals surface area contributed by atoms with Crippen LogP contribution in [-0.2, 0) is 19.1 Å². The molecule has 1 heterocycles. The second-order valence-electron chi connectivity index (χ2n) is 10.0. The van der Waals surface area contributed by atoms with Crippen molar-refractivity contribution in [2.75, 3.05) is 19.5 Å². The second-order valence-corrected chi connectivity index (χ2v) is 10.0. The number of esters is 2. The van der Waals surface area contributed by atoms with Gasteiger partial charge < -0.3 is 19.5 Å². The van der Waals surface area contributed by atoms with Crippen LogP contribution >= 0.6 is 0 Å². The first-order valence-electron chi connectivity index (χ1n) is 12.6. The molecule has 3 aromatic rings. The number of nitrogens with one attached hydrogen (secondary N) is 1. The predicted molar refractivity (Wildman–Crippen MR) is 155 cm³/mol. The highest BCUT2D eigenvalue weighted by Crippen LogP contribution is 2.29. The number of amides is 1. The minimum Gasteiger partial charge on any atom is -0.497 e. The summed E-state index contributed by atoms with van der Waals surface area (Å²) in [6.07, 6.45) is 3.20. The number of aromatic nitrogens is 1. The number of pyridine rings is 1. The molecule has 0 fully saturated rings. The van der Waals surface area contributed by atoms with Crippen molar-refractivity contribution in [3.05, 3.63) is 100 Å². The summed E-state index contributed by atoms with van der Waals surface area (Å²) in [4.78, 5) is 43.6. The summed E-state index contributed by atoms with van der Waals surface area (Å²) in [6.45, 7) is 8.92.